The lowest BCUT2D eigenvalue weighted by Crippen LogP contribution is -2.27. The molecule has 0 radical (unpaired) electrons. The second-order valence-electron chi connectivity index (χ2n) is 7.93. The minimum absolute atomic E-state index is 0.272. The van der Waals surface area contributed by atoms with Gasteiger partial charge in [0, 0.05) is 17.2 Å². The van der Waals surface area contributed by atoms with Crippen molar-refractivity contribution in [2.24, 2.45) is 0 Å². The van der Waals surface area contributed by atoms with Gasteiger partial charge < -0.3 is 19.9 Å². The lowest BCUT2D eigenvalue weighted by atomic mass is 10.1. The third-order valence-corrected chi connectivity index (χ3v) is 5.28. The Kier molecular flexibility index (Phi) is 8.12. The molecule has 0 saturated heterocycles. The van der Waals surface area contributed by atoms with E-state index in [0.717, 1.165) is 11.1 Å². The van der Waals surface area contributed by atoms with Gasteiger partial charge in [0.25, 0.3) is 5.91 Å². The van der Waals surface area contributed by atoms with Crippen molar-refractivity contribution in [3.8, 4) is 11.5 Å². The molecule has 4 rings (SSSR count). The molecule has 0 aliphatic heterocycles. The molecular weight excluding hydrogens is 454 g/mol. The average Bonchev–Trinajstić information content (AvgIpc) is 2.92. The zero-order chi connectivity index (χ0) is 25.2. The van der Waals surface area contributed by atoms with Crippen LogP contribution in [0.3, 0.4) is 0 Å². The van der Waals surface area contributed by atoms with Gasteiger partial charge in [-0.1, -0.05) is 78.9 Å². The number of hydrogen-bond acceptors (Lipinski definition) is 4. The molecule has 0 atom stereocenters. The number of carboxylic acid groups (broad SMARTS) is 1. The highest BCUT2D eigenvalue weighted by molar-refractivity contribution is 6.02. The van der Waals surface area contributed by atoms with Gasteiger partial charge in [-0.15, -0.1) is 0 Å². The van der Waals surface area contributed by atoms with E-state index < -0.39 is 11.9 Å². The third-order valence-electron chi connectivity index (χ3n) is 5.28. The maximum Gasteiger partial charge on any atom is 0.352 e. The molecule has 0 aromatic heterocycles. The molecule has 36 heavy (non-hydrogen) atoms. The molecule has 2 N–H and O–H groups in total. The van der Waals surface area contributed by atoms with Crippen molar-refractivity contribution in [2.45, 2.75) is 13.2 Å². The number of amides is 1. The molecule has 6 nitrogen and oxygen atoms in total. The number of benzene rings is 4. The van der Waals surface area contributed by atoms with Gasteiger partial charge in [-0.3, -0.25) is 4.79 Å². The molecule has 0 spiro atoms. The normalized spacial score (nSPS) is 10.9. The van der Waals surface area contributed by atoms with Crippen LogP contribution in [-0.4, -0.2) is 17.0 Å². The summed E-state index contributed by atoms with van der Waals surface area (Å²) in [7, 11) is 0. The summed E-state index contributed by atoms with van der Waals surface area (Å²) < 4.78 is 12.0. The van der Waals surface area contributed by atoms with E-state index in [1.165, 1.54) is 6.08 Å². The van der Waals surface area contributed by atoms with Crippen LogP contribution in [0.1, 0.15) is 27.0 Å². The van der Waals surface area contributed by atoms with Crippen LogP contribution in [0.25, 0.3) is 6.08 Å². The predicted octanol–water partition coefficient (Wildman–Crippen LogP) is 5.70. The summed E-state index contributed by atoms with van der Waals surface area (Å²) in [4.78, 5) is 24.5. The van der Waals surface area contributed by atoms with Crippen LogP contribution in [0, 0.1) is 0 Å². The van der Waals surface area contributed by atoms with Crippen LogP contribution < -0.4 is 14.8 Å². The molecule has 0 saturated carbocycles. The highest BCUT2D eigenvalue weighted by atomic mass is 16.5. The first-order chi connectivity index (χ1) is 17.6. The zero-order valence-corrected chi connectivity index (χ0v) is 19.5. The maximum absolute atomic E-state index is 12.6. The van der Waals surface area contributed by atoms with E-state index in [-0.39, 0.29) is 12.3 Å². The number of carboxylic acids is 1. The average molecular weight is 480 g/mol. The van der Waals surface area contributed by atoms with Crippen molar-refractivity contribution >= 4 is 18.0 Å². The summed E-state index contributed by atoms with van der Waals surface area (Å²) >= 11 is 0. The van der Waals surface area contributed by atoms with E-state index in [4.69, 9.17) is 9.47 Å². The van der Waals surface area contributed by atoms with E-state index in [0.29, 0.717) is 29.2 Å². The van der Waals surface area contributed by atoms with E-state index in [2.05, 4.69) is 5.32 Å². The fraction of sp³-hybridized carbons (Fsp3) is 0.0667. The van der Waals surface area contributed by atoms with Crippen molar-refractivity contribution in [1.29, 1.82) is 0 Å². The largest absolute Gasteiger partial charge is 0.489 e. The summed E-state index contributed by atoms with van der Waals surface area (Å²) in [5, 5.41) is 12.2. The van der Waals surface area contributed by atoms with Crippen LogP contribution in [0.4, 0.5) is 0 Å². The lowest BCUT2D eigenvalue weighted by molar-refractivity contribution is -0.132. The second kappa shape index (κ2) is 12.0. The summed E-state index contributed by atoms with van der Waals surface area (Å²) in [6, 6.07) is 33.0. The molecule has 0 heterocycles. The van der Waals surface area contributed by atoms with Gasteiger partial charge in [0.15, 0.2) is 0 Å². The number of carbonyl (C=O) groups excluding carboxylic acids is 1. The van der Waals surface area contributed by atoms with Gasteiger partial charge in [-0.25, -0.2) is 4.79 Å². The number of carbonyl (C=O) groups is 2. The standard InChI is InChI=1S/C30H25NO5/c32-29(24-14-8-3-9-15-24)31-27(30(33)34)18-25-16-17-26(35-20-22-10-4-1-5-11-22)19-28(25)36-21-23-12-6-2-7-13-23/h1-19H,20-21H2,(H,31,32)(H,33,34)/b27-18-. The van der Waals surface area contributed by atoms with E-state index in [1.54, 1.807) is 48.5 Å². The quantitative estimate of drug-likeness (QED) is 0.285. The Balaban J connectivity index is 1.60. The van der Waals surface area contributed by atoms with Gasteiger partial charge in [-0.2, -0.15) is 0 Å². The highest BCUT2D eigenvalue weighted by Crippen LogP contribution is 2.28. The Morgan fingerprint density at radius 2 is 1.28 bits per heavy atom. The fourth-order valence-corrected chi connectivity index (χ4v) is 3.42. The van der Waals surface area contributed by atoms with Crippen LogP contribution in [0.2, 0.25) is 0 Å². The molecule has 0 unspecified atom stereocenters. The summed E-state index contributed by atoms with van der Waals surface area (Å²) in [5.74, 6) is -0.780. The van der Waals surface area contributed by atoms with Gasteiger partial charge in [0.1, 0.15) is 30.4 Å². The van der Waals surface area contributed by atoms with Crippen LogP contribution in [0.15, 0.2) is 115 Å². The first kappa shape index (κ1) is 24.3. The Morgan fingerprint density at radius 1 is 0.722 bits per heavy atom. The van der Waals surface area contributed by atoms with Gasteiger partial charge in [-0.05, 0) is 41.5 Å². The van der Waals surface area contributed by atoms with Crippen molar-refractivity contribution in [3.63, 3.8) is 0 Å². The highest BCUT2D eigenvalue weighted by Gasteiger charge is 2.15. The fourth-order valence-electron chi connectivity index (χ4n) is 3.42. The monoisotopic (exact) mass is 479 g/mol. The van der Waals surface area contributed by atoms with Crippen molar-refractivity contribution in [3.05, 3.63) is 137 Å². The van der Waals surface area contributed by atoms with Gasteiger partial charge >= 0.3 is 5.97 Å². The molecule has 0 aliphatic carbocycles. The summed E-state index contributed by atoms with van der Waals surface area (Å²) in [5.41, 5.74) is 2.55. The number of nitrogens with one attached hydrogen (secondary N) is 1. The molecule has 6 heteroatoms. The lowest BCUT2D eigenvalue weighted by Gasteiger charge is -2.14. The molecule has 4 aromatic rings. The Hall–Kier alpha value is -4.84. The van der Waals surface area contributed by atoms with Crippen LogP contribution in [0.5, 0.6) is 11.5 Å². The van der Waals surface area contributed by atoms with Crippen molar-refractivity contribution < 1.29 is 24.2 Å². The first-order valence-corrected chi connectivity index (χ1v) is 11.4. The van der Waals surface area contributed by atoms with Gasteiger partial charge in [0.2, 0.25) is 0 Å². The number of hydrogen-bond donors (Lipinski definition) is 2. The maximum atomic E-state index is 12.6. The topological polar surface area (TPSA) is 84.9 Å². The Bertz CT molecular complexity index is 1340. The zero-order valence-electron chi connectivity index (χ0n) is 19.5. The van der Waals surface area contributed by atoms with E-state index >= 15 is 0 Å². The van der Waals surface area contributed by atoms with Crippen LogP contribution >= 0.6 is 0 Å². The molecule has 0 fully saturated rings. The van der Waals surface area contributed by atoms with E-state index in [9.17, 15) is 14.7 Å². The smallest absolute Gasteiger partial charge is 0.352 e. The predicted molar refractivity (Wildman–Crippen MR) is 138 cm³/mol. The van der Waals surface area contributed by atoms with Crippen molar-refractivity contribution in [2.75, 3.05) is 0 Å². The summed E-state index contributed by atoms with van der Waals surface area (Å²) in [6.07, 6.45) is 1.38. The molecule has 4 aromatic carbocycles. The molecular formula is C30H25NO5. The molecule has 1 amide bonds. The number of aliphatic carboxylic acids is 1. The van der Waals surface area contributed by atoms with E-state index in [1.807, 2.05) is 60.7 Å². The molecule has 180 valence electrons. The third kappa shape index (κ3) is 6.84. The second-order valence-corrected chi connectivity index (χ2v) is 7.93. The Morgan fingerprint density at radius 3 is 1.86 bits per heavy atom. The molecule has 0 bridgehead atoms. The summed E-state index contributed by atoms with van der Waals surface area (Å²) in [6.45, 7) is 0.657. The SMILES string of the molecule is O=C(O)/C(=C/c1ccc(OCc2ccccc2)cc1OCc1ccccc1)NC(=O)c1ccccc1. The number of ether oxygens (including phenoxy) is 2. The van der Waals surface area contributed by atoms with Crippen LogP contribution in [-0.2, 0) is 18.0 Å². The number of rotatable bonds is 10. The van der Waals surface area contributed by atoms with Crippen molar-refractivity contribution in [1.82, 2.24) is 5.32 Å². The minimum atomic E-state index is -1.27. The molecule has 0 aliphatic rings. The van der Waals surface area contributed by atoms with Gasteiger partial charge in [0.05, 0.1) is 0 Å². The first-order valence-electron chi connectivity index (χ1n) is 11.4. The Labute approximate surface area is 209 Å². The minimum Gasteiger partial charge on any atom is -0.489 e.